The van der Waals surface area contributed by atoms with Crippen LogP contribution < -0.4 is 9.64 Å². The SMILES string of the molecule is CCCCc1noc(CN2CCN(c3ccc(OC)cc3)CC2)n1. The highest BCUT2D eigenvalue weighted by Gasteiger charge is 2.19. The van der Waals surface area contributed by atoms with Gasteiger partial charge in [-0.15, -0.1) is 0 Å². The van der Waals surface area contributed by atoms with Gasteiger partial charge in [0.2, 0.25) is 5.89 Å². The van der Waals surface area contributed by atoms with Gasteiger partial charge in [-0.2, -0.15) is 4.98 Å². The highest BCUT2D eigenvalue weighted by atomic mass is 16.5. The molecule has 1 fully saturated rings. The monoisotopic (exact) mass is 330 g/mol. The molecule has 1 saturated heterocycles. The molecule has 0 aliphatic carbocycles. The first-order chi connectivity index (χ1) is 11.8. The zero-order valence-electron chi connectivity index (χ0n) is 14.6. The molecule has 2 heterocycles. The zero-order valence-corrected chi connectivity index (χ0v) is 14.6. The number of nitrogens with zero attached hydrogens (tertiary/aromatic N) is 4. The Morgan fingerprint density at radius 2 is 1.88 bits per heavy atom. The standard InChI is InChI=1S/C18H26N4O2/c1-3-4-5-17-19-18(24-20-17)14-21-10-12-22(13-11-21)15-6-8-16(23-2)9-7-15/h6-9H,3-5,10-14H2,1-2H3. The molecule has 0 amide bonds. The van der Waals surface area contributed by atoms with Crippen molar-refractivity contribution < 1.29 is 9.26 Å². The minimum atomic E-state index is 0.735. The fraction of sp³-hybridized carbons (Fsp3) is 0.556. The molecule has 0 atom stereocenters. The molecule has 3 rings (SSSR count). The number of methoxy groups -OCH3 is 1. The minimum Gasteiger partial charge on any atom is -0.497 e. The molecule has 0 radical (unpaired) electrons. The number of aromatic nitrogens is 2. The maximum atomic E-state index is 5.37. The van der Waals surface area contributed by atoms with Crippen LogP contribution in [0.25, 0.3) is 0 Å². The summed E-state index contributed by atoms with van der Waals surface area (Å²) in [5.41, 5.74) is 1.25. The van der Waals surface area contributed by atoms with Crippen LogP contribution in [0.3, 0.4) is 0 Å². The highest BCUT2D eigenvalue weighted by Crippen LogP contribution is 2.20. The van der Waals surface area contributed by atoms with E-state index in [0.717, 1.165) is 69.5 Å². The second-order valence-electron chi connectivity index (χ2n) is 6.17. The Kier molecular flexibility index (Phi) is 5.69. The van der Waals surface area contributed by atoms with Gasteiger partial charge in [-0.05, 0) is 30.7 Å². The van der Waals surface area contributed by atoms with Gasteiger partial charge in [0.1, 0.15) is 5.75 Å². The van der Waals surface area contributed by atoms with Crippen molar-refractivity contribution in [2.75, 3.05) is 38.2 Å². The first-order valence-corrected chi connectivity index (χ1v) is 8.71. The van der Waals surface area contributed by atoms with E-state index < -0.39 is 0 Å². The van der Waals surface area contributed by atoms with Gasteiger partial charge >= 0.3 is 0 Å². The second kappa shape index (κ2) is 8.15. The third-order valence-electron chi connectivity index (χ3n) is 4.43. The van der Waals surface area contributed by atoms with E-state index in [1.54, 1.807) is 7.11 Å². The average Bonchev–Trinajstić information content (AvgIpc) is 3.08. The quantitative estimate of drug-likeness (QED) is 0.778. The lowest BCUT2D eigenvalue weighted by Gasteiger charge is -2.35. The van der Waals surface area contributed by atoms with E-state index in [-0.39, 0.29) is 0 Å². The molecule has 0 N–H and O–H groups in total. The summed E-state index contributed by atoms with van der Waals surface area (Å²) in [6, 6.07) is 8.26. The molecular formula is C18H26N4O2. The Hall–Kier alpha value is -2.08. The van der Waals surface area contributed by atoms with E-state index in [1.165, 1.54) is 5.69 Å². The van der Waals surface area contributed by atoms with E-state index in [4.69, 9.17) is 9.26 Å². The van der Waals surface area contributed by atoms with Crippen molar-refractivity contribution in [1.29, 1.82) is 0 Å². The number of rotatable bonds is 7. The third kappa shape index (κ3) is 4.26. The number of aryl methyl sites for hydroxylation is 1. The van der Waals surface area contributed by atoms with Gasteiger partial charge in [-0.3, -0.25) is 4.90 Å². The summed E-state index contributed by atoms with van der Waals surface area (Å²) in [4.78, 5) is 9.26. The third-order valence-corrected chi connectivity index (χ3v) is 4.43. The van der Waals surface area contributed by atoms with E-state index in [1.807, 2.05) is 12.1 Å². The molecule has 2 aromatic rings. The van der Waals surface area contributed by atoms with Crippen LogP contribution in [0.5, 0.6) is 5.75 Å². The number of benzene rings is 1. The molecule has 1 aliphatic heterocycles. The molecule has 1 aromatic carbocycles. The summed E-state index contributed by atoms with van der Waals surface area (Å²) in [7, 11) is 1.69. The fourth-order valence-corrected chi connectivity index (χ4v) is 2.94. The Labute approximate surface area is 143 Å². The predicted octanol–water partition coefficient (Wildman–Crippen LogP) is 2.74. The first-order valence-electron chi connectivity index (χ1n) is 8.71. The van der Waals surface area contributed by atoms with E-state index in [9.17, 15) is 0 Å². The maximum absolute atomic E-state index is 5.37. The predicted molar refractivity (Wildman–Crippen MR) is 93.4 cm³/mol. The number of hydrogen-bond acceptors (Lipinski definition) is 6. The number of ether oxygens (including phenoxy) is 1. The van der Waals surface area contributed by atoms with Crippen molar-refractivity contribution in [2.45, 2.75) is 32.7 Å². The van der Waals surface area contributed by atoms with Crippen molar-refractivity contribution in [2.24, 2.45) is 0 Å². The normalized spacial score (nSPS) is 15.7. The summed E-state index contributed by atoms with van der Waals surface area (Å²) >= 11 is 0. The Morgan fingerprint density at radius 1 is 1.12 bits per heavy atom. The number of anilines is 1. The van der Waals surface area contributed by atoms with Gasteiger partial charge in [0, 0.05) is 38.3 Å². The van der Waals surface area contributed by atoms with Crippen LogP contribution in [0.4, 0.5) is 5.69 Å². The Balaban J connectivity index is 1.48. The molecule has 1 aliphatic rings. The van der Waals surface area contributed by atoms with Gasteiger partial charge in [0.05, 0.1) is 13.7 Å². The van der Waals surface area contributed by atoms with E-state index in [2.05, 4.69) is 39.0 Å². The van der Waals surface area contributed by atoms with E-state index >= 15 is 0 Å². The lowest BCUT2D eigenvalue weighted by molar-refractivity contribution is 0.215. The lowest BCUT2D eigenvalue weighted by Crippen LogP contribution is -2.46. The zero-order chi connectivity index (χ0) is 16.8. The molecule has 6 nitrogen and oxygen atoms in total. The van der Waals surface area contributed by atoms with Crippen molar-refractivity contribution in [1.82, 2.24) is 15.0 Å². The van der Waals surface area contributed by atoms with Crippen LogP contribution in [-0.4, -0.2) is 48.3 Å². The number of unbranched alkanes of at least 4 members (excludes halogenated alkanes) is 1. The van der Waals surface area contributed by atoms with Crippen LogP contribution in [-0.2, 0) is 13.0 Å². The lowest BCUT2D eigenvalue weighted by atomic mass is 10.2. The van der Waals surface area contributed by atoms with Crippen molar-refractivity contribution in [3.63, 3.8) is 0 Å². The summed E-state index contributed by atoms with van der Waals surface area (Å²) in [6.07, 6.45) is 3.17. The van der Waals surface area contributed by atoms with Gasteiger partial charge < -0.3 is 14.2 Å². The van der Waals surface area contributed by atoms with Gasteiger partial charge in [-0.25, -0.2) is 0 Å². The number of piperazine rings is 1. The molecule has 0 spiro atoms. The summed E-state index contributed by atoms with van der Waals surface area (Å²) in [6.45, 7) is 6.92. The smallest absolute Gasteiger partial charge is 0.240 e. The van der Waals surface area contributed by atoms with Crippen LogP contribution >= 0.6 is 0 Å². The average molecular weight is 330 g/mol. The highest BCUT2D eigenvalue weighted by molar-refractivity contribution is 5.49. The minimum absolute atomic E-state index is 0.735. The molecule has 24 heavy (non-hydrogen) atoms. The van der Waals surface area contributed by atoms with Crippen molar-refractivity contribution >= 4 is 5.69 Å². The molecule has 0 bridgehead atoms. The molecular weight excluding hydrogens is 304 g/mol. The molecule has 6 heteroatoms. The molecule has 0 unspecified atom stereocenters. The van der Waals surface area contributed by atoms with Crippen LogP contribution in [0.2, 0.25) is 0 Å². The van der Waals surface area contributed by atoms with Crippen LogP contribution in [0, 0.1) is 0 Å². The first kappa shape index (κ1) is 16.8. The number of hydrogen-bond donors (Lipinski definition) is 0. The van der Waals surface area contributed by atoms with Gasteiger partial charge in [0.15, 0.2) is 5.82 Å². The Morgan fingerprint density at radius 3 is 2.54 bits per heavy atom. The van der Waals surface area contributed by atoms with Crippen LogP contribution in [0.1, 0.15) is 31.5 Å². The maximum Gasteiger partial charge on any atom is 0.240 e. The molecule has 1 aromatic heterocycles. The summed E-state index contributed by atoms with van der Waals surface area (Å²) < 4.78 is 10.6. The topological polar surface area (TPSA) is 54.6 Å². The summed E-state index contributed by atoms with van der Waals surface area (Å²) in [5, 5.41) is 4.06. The molecule has 0 saturated carbocycles. The van der Waals surface area contributed by atoms with Crippen LogP contribution in [0.15, 0.2) is 28.8 Å². The van der Waals surface area contributed by atoms with Crippen molar-refractivity contribution in [3.8, 4) is 5.75 Å². The fourth-order valence-electron chi connectivity index (χ4n) is 2.94. The second-order valence-corrected chi connectivity index (χ2v) is 6.17. The van der Waals surface area contributed by atoms with E-state index in [0.29, 0.717) is 0 Å². The van der Waals surface area contributed by atoms with Crippen molar-refractivity contribution in [3.05, 3.63) is 36.0 Å². The largest absolute Gasteiger partial charge is 0.497 e. The van der Waals surface area contributed by atoms with Gasteiger partial charge in [0.25, 0.3) is 0 Å². The van der Waals surface area contributed by atoms with Gasteiger partial charge in [-0.1, -0.05) is 18.5 Å². The molecule has 130 valence electrons. The summed E-state index contributed by atoms with van der Waals surface area (Å²) in [5.74, 6) is 2.47. The Bertz CT molecular complexity index is 618.